The molecule has 30 heavy (non-hydrogen) atoms. The summed E-state index contributed by atoms with van der Waals surface area (Å²) in [5.41, 5.74) is 5.73. The molecule has 0 unspecified atom stereocenters. The summed E-state index contributed by atoms with van der Waals surface area (Å²) in [7, 11) is -1.80. The Labute approximate surface area is 176 Å². The van der Waals surface area contributed by atoms with Crippen molar-refractivity contribution in [3.05, 3.63) is 66.5 Å². The number of hydrogen-bond acceptors (Lipinski definition) is 7. The molecule has 0 saturated carbocycles. The zero-order valence-electron chi connectivity index (χ0n) is 17.3. The predicted molar refractivity (Wildman–Crippen MR) is 119 cm³/mol. The van der Waals surface area contributed by atoms with Gasteiger partial charge in [0.05, 0.1) is 23.0 Å². The van der Waals surface area contributed by atoms with E-state index in [0.717, 1.165) is 17.0 Å². The van der Waals surface area contributed by atoms with Crippen LogP contribution in [0.5, 0.6) is 5.75 Å². The van der Waals surface area contributed by atoms with Crippen LogP contribution < -0.4 is 10.2 Å². The summed E-state index contributed by atoms with van der Waals surface area (Å²) in [5.74, 6) is 1.09. The van der Waals surface area contributed by atoms with Gasteiger partial charge < -0.3 is 4.74 Å². The molecule has 7 nitrogen and oxygen atoms in total. The average molecular weight is 425 g/mol. The van der Waals surface area contributed by atoms with Crippen molar-refractivity contribution in [3.8, 4) is 16.9 Å². The van der Waals surface area contributed by atoms with Crippen molar-refractivity contribution in [2.45, 2.75) is 30.9 Å². The Morgan fingerprint density at radius 2 is 1.67 bits per heavy atom. The summed E-state index contributed by atoms with van der Waals surface area (Å²) >= 11 is 0. The first-order valence-corrected chi connectivity index (χ1v) is 11.0. The van der Waals surface area contributed by atoms with Crippen LogP contribution in [-0.2, 0) is 9.84 Å². The Bertz CT molecular complexity index is 1140. The first-order chi connectivity index (χ1) is 14.3. The van der Waals surface area contributed by atoms with Crippen molar-refractivity contribution in [3.63, 3.8) is 0 Å². The molecule has 0 saturated heterocycles. The highest BCUT2D eigenvalue weighted by atomic mass is 32.2. The Morgan fingerprint density at radius 1 is 1.03 bits per heavy atom. The van der Waals surface area contributed by atoms with Gasteiger partial charge in [-0.05, 0) is 56.7 Å². The maximum Gasteiger partial charge on any atom is 0.243 e. The van der Waals surface area contributed by atoms with E-state index in [9.17, 15) is 8.42 Å². The molecular weight excluding hydrogens is 400 g/mol. The fourth-order valence-electron chi connectivity index (χ4n) is 2.76. The van der Waals surface area contributed by atoms with Crippen LogP contribution in [-0.4, -0.2) is 36.5 Å². The molecule has 1 heterocycles. The second kappa shape index (κ2) is 9.04. The van der Waals surface area contributed by atoms with Crippen LogP contribution in [0.1, 0.15) is 26.3 Å². The van der Waals surface area contributed by atoms with E-state index in [4.69, 9.17) is 4.74 Å². The van der Waals surface area contributed by atoms with E-state index in [2.05, 4.69) is 20.5 Å². The fourth-order valence-corrected chi connectivity index (χ4v) is 4.03. The van der Waals surface area contributed by atoms with Crippen molar-refractivity contribution in [2.24, 2.45) is 5.10 Å². The molecule has 0 aliphatic rings. The van der Waals surface area contributed by atoms with Crippen LogP contribution in [0.3, 0.4) is 0 Å². The molecule has 8 heteroatoms. The molecule has 1 N–H and O–H groups in total. The molecule has 1 aromatic heterocycles. The molecule has 0 aliphatic heterocycles. The molecule has 0 bridgehead atoms. The summed E-state index contributed by atoms with van der Waals surface area (Å²) in [4.78, 5) is 8.82. The lowest BCUT2D eigenvalue weighted by Crippen LogP contribution is -2.15. The standard InChI is InChI=1S/C22H24N4O3S/c1-15(2)30(27,28)21-8-6-5-7-20(21)18-13-23-22(24-14-18)26-25-16(3)17-9-11-19(29-4)12-10-17/h5-15H,1-4H3,(H,23,24,26). The molecule has 2 aromatic carbocycles. The first-order valence-electron chi connectivity index (χ1n) is 9.43. The van der Waals surface area contributed by atoms with Crippen molar-refractivity contribution in [1.29, 1.82) is 0 Å². The third-order valence-electron chi connectivity index (χ3n) is 4.61. The number of nitrogens with zero attached hydrogens (tertiary/aromatic N) is 3. The van der Waals surface area contributed by atoms with Gasteiger partial charge in [-0.15, -0.1) is 0 Å². The molecule has 0 aliphatic carbocycles. The number of hydrazone groups is 1. The summed E-state index contributed by atoms with van der Waals surface area (Å²) in [5, 5.41) is 3.79. The highest BCUT2D eigenvalue weighted by molar-refractivity contribution is 7.92. The van der Waals surface area contributed by atoms with Gasteiger partial charge in [-0.2, -0.15) is 5.10 Å². The first kappa shape index (κ1) is 21.4. The number of aromatic nitrogens is 2. The molecule has 0 spiro atoms. The van der Waals surface area contributed by atoms with Crippen LogP contribution in [0, 0.1) is 0 Å². The van der Waals surface area contributed by atoms with Crippen LogP contribution in [0.2, 0.25) is 0 Å². The second-order valence-electron chi connectivity index (χ2n) is 6.92. The monoisotopic (exact) mass is 424 g/mol. The predicted octanol–water partition coefficient (Wildman–Crippen LogP) is 4.17. The largest absolute Gasteiger partial charge is 0.497 e. The minimum absolute atomic E-state index is 0.276. The molecule has 3 aromatic rings. The molecule has 0 atom stereocenters. The lowest BCUT2D eigenvalue weighted by atomic mass is 10.1. The quantitative estimate of drug-likeness (QED) is 0.452. The second-order valence-corrected chi connectivity index (χ2v) is 9.40. The van der Waals surface area contributed by atoms with E-state index in [1.807, 2.05) is 31.2 Å². The van der Waals surface area contributed by atoms with Gasteiger partial charge in [0.25, 0.3) is 0 Å². The summed E-state index contributed by atoms with van der Waals surface area (Å²) in [6.45, 7) is 5.20. The highest BCUT2D eigenvalue weighted by Crippen LogP contribution is 2.29. The minimum Gasteiger partial charge on any atom is -0.497 e. The number of anilines is 1. The third-order valence-corrected chi connectivity index (χ3v) is 6.82. The number of benzene rings is 2. The van der Waals surface area contributed by atoms with Crippen molar-refractivity contribution in [2.75, 3.05) is 12.5 Å². The molecular formula is C22H24N4O3S. The Hall–Kier alpha value is -3.26. The number of rotatable bonds is 7. The Balaban J connectivity index is 1.81. The van der Waals surface area contributed by atoms with Gasteiger partial charge >= 0.3 is 0 Å². The number of methoxy groups -OCH3 is 1. The van der Waals surface area contributed by atoms with Gasteiger partial charge in [-0.25, -0.2) is 23.8 Å². The van der Waals surface area contributed by atoms with Crippen LogP contribution in [0.15, 0.2) is 70.9 Å². The summed E-state index contributed by atoms with van der Waals surface area (Å²) < 4.78 is 30.5. The van der Waals surface area contributed by atoms with E-state index < -0.39 is 15.1 Å². The van der Waals surface area contributed by atoms with E-state index in [1.54, 1.807) is 57.6 Å². The highest BCUT2D eigenvalue weighted by Gasteiger charge is 2.23. The van der Waals surface area contributed by atoms with E-state index in [1.165, 1.54) is 0 Å². The van der Waals surface area contributed by atoms with Crippen LogP contribution >= 0.6 is 0 Å². The molecule has 156 valence electrons. The van der Waals surface area contributed by atoms with E-state index >= 15 is 0 Å². The van der Waals surface area contributed by atoms with Gasteiger partial charge in [0.15, 0.2) is 9.84 Å². The maximum atomic E-state index is 12.7. The van der Waals surface area contributed by atoms with Gasteiger partial charge in [0, 0.05) is 23.5 Å². The smallest absolute Gasteiger partial charge is 0.243 e. The zero-order valence-corrected chi connectivity index (χ0v) is 18.1. The number of sulfone groups is 1. The normalized spacial score (nSPS) is 12.1. The fraction of sp³-hybridized carbons (Fsp3) is 0.227. The number of nitrogens with one attached hydrogen (secondary N) is 1. The molecule has 3 rings (SSSR count). The number of ether oxygens (including phenoxy) is 1. The maximum absolute atomic E-state index is 12.7. The zero-order chi connectivity index (χ0) is 21.7. The van der Waals surface area contributed by atoms with Crippen molar-refractivity contribution < 1.29 is 13.2 Å². The lowest BCUT2D eigenvalue weighted by molar-refractivity contribution is 0.415. The Kier molecular flexibility index (Phi) is 6.47. The summed E-state index contributed by atoms with van der Waals surface area (Å²) in [6, 6.07) is 14.4. The molecule has 0 amide bonds. The van der Waals surface area contributed by atoms with E-state index in [0.29, 0.717) is 17.1 Å². The van der Waals surface area contributed by atoms with E-state index in [-0.39, 0.29) is 4.90 Å². The van der Waals surface area contributed by atoms with Gasteiger partial charge in [0.1, 0.15) is 5.75 Å². The third kappa shape index (κ3) is 4.65. The average Bonchev–Trinajstić information content (AvgIpc) is 2.77. The topological polar surface area (TPSA) is 93.5 Å². The van der Waals surface area contributed by atoms with Crippen molar-refractivity contribution >= 4 is 21.5 Å². The Morgan fingerprint density at radius 3 is 2.27 bits per heavy atom. The molecule has 0 radical (unpaired) electrons. The van der Waals surface area contributed by atoms with Crippen LogP contribution in [0.4, 0.5) is 5.95 Å². The number of hydrogen-bond donors (Lipinski definition) is 1. The summed E-state index contributed by atoms with van der Waals surface area (Å²) in [6.07, 6.45) is 3.17. The van der Waals surface area contributed by atoms with Crippen molar-refractivity contribution in [1.82, 2.24) is 9.97 Å². The molecule has 0 fully saturated rings. The van der Waals surface area contributed by atoms with Gasteiger partial charge in [-0.3, -0.25) is 0 Å². The SMILES string of the molecule is COc1ccc(C(C)=NNc2ncc(-c3ccccc3S(=O)(=O)C(C)C)cn2)cc1. The van der Waals surface area contributed by atoms with Gasteiger partial charge in [-0.1, -0.05) is 18.2 Å². The van der Waals surface area contributed by atoms with Crippen LogP contribution in [0.25, 0.3) is 11.1 Å². The van der Waals surface area contributed by atoms with Gasteiger partial charge in [0.2, 0.25) is 5.95 Å². The lowest BCUT2D eigenvalue weighted by Gasteiger charge is -2.12. The minimum atomic E-state index is -3.42.